The number of ether oxygens (including phenoxy) is 6. The fourth-order valence-corrected chi connectivity index (χ4v) is 15.1. The molecule has 22 nitrogen and oxygen atoms in total. The lowest BCUT2D eigenvalue weighted by Gasteiger charge is -2.27. The predicted molar refractivity (Wildman–Crippen MR) is 287 cm³/mol. The molecule has 0 bridgehead atoms. The van der Waals surface area contributed by atoms with E-state index < -0.39 is 121 Å². The van der Waals surface area contributed by atoms with Crippen LogP contribution in [0.15, 0.2) is 0 Å². The molecule has 0 spiro atoms. The summed E-state index contributed by atoms with van der Waals surface area (Å²) in [5, 5.41) is 7.69. The zero-order valence-corrected chi connectivity index (χ0v) is 50.0. The lowest BCUT2D eigenvalue weighted by atomic mass is 10.1. The SMILES string of the molecule is CC(=O)OCC(CNC(=O)c1c(I)c(NC(=O)C(OC(C)=O)C(OC(C)=O)C(=O)Nc2c(I)c(C(=O)Cl)c(I)c(C(=O)NCC(COC(C)=O)OC(C)=O)c2I)c(I)c(C(=O)Cl)c1I)OC(C)=O. The second-order valence-corrected chi connectivity index (χ2v) is 20.4. The van der Waals surface area contributed by atoms with Crippen LogP contribution in [-0.2, 0) is 66.8 Å². The highest BCUT2D eigenvalue weighted by Crippen LogP contribution is 2.38. The number of carbonyl (C=O) groups is 12. The molecular formula is C38H34Cl2I6N4O18. The van der Waals surface area contributed by atoms with E-state index in [0.717, 1.165) is 41.5 Å². The highest BCUT2D eigenvalue weighted by molar-refractivity contribution is 14.1. The number of benzene rings is 2. The Morgan fingerprint density at radius 3 is 0.956 bits per heavy atom. The Morgan fingerprint density at radius 2 is 0.706 bits per heavy atom. The molecule has 4 unspecified atom stereocenters. The number of hydrogen-bond acceptors (Lipinski definition) is 18. The van der Waals surface area contributed by atoms with Crippen molar-refractivity contribution >= 4 is 240 Å². The van der Waals surface area contributed by atoms with Crippen LogP contribution in [0.2, 0.25) is 0 Å². The zero-order chi connectivity index (χ0) is 52.1. The van der Waals surface area contributed by atoms with Crippen LogP contribution < -0.4 is 21.3 Å². The maximum Gasteiger partial charge on any atom is 0.303 e. The third-order valence-corrected chi connectivity index (χ3v) is 14.8. The number of amides is 4. The van der Waals surface area contributed by atoms with Crippen LogP contribution in [0, 0.1) is 21.4 Å². The summed E-state index contributed by atoms with van der Waals surface area (Å²) in [6.07, 6.45) is -6.98. The van der Waals surface area contributed by atoms with E-state index >= 15 is 0 Å². The molecular weight excluding hydrogens is 1630 g/mol. The number of halogens is 8. The third kappa shape index (κ3) is 17.9. The summed E-state index contributed by atoms with van der Waals surface area (Å²) in [6.45, 7) is 4.48. The Bertz CT molecular complexity index is 2290. The third-order valence-electron chi connectivity index (χ3n) is 7.95. The number of hydrogen-bond donors (Lipinski definition) is 4. The van der Waals surface area contributed by atoms with Gasteiger partial charge in [0.2, 0.25) is 12.2 Å². The van der Waals surface area contributed by atoms with Gasteiger partial charge in [-0.3, -0.25) is 57.5 Å². The molecule has 2 aromatic carbocycles. The van der Waals surface area contributed by atoms with Crippen molar-refractivity contribution in [1.82, 2.24) is 10.6 Å². The van der Waals surface area contributed by atoms with Crippen molar-refractivity contribution in [3.8, 4) is 0 Å². The molecule has 4 N–H and O–H groups in total. The first-order chi connectivity index (χ1) is 31.5. The van der Waals surface area contributed by atoms with E-state index in [4.69, 9.17) is 51.6 Å². The van der Waals surface area contributed by atoms with E-state index in [1.807, 2.05) is 0 Å². The molecule has 0 saturated heterocycles. The van der Waals surface area contributed by atoms with Gasteiger partial charge in [-0.25, -0.2) is 0 Å². The molecule has 30 heteroatoms. The van der Waals surface area contributed by atoms with Crippen molar-refractivity contribution in [3.63, 3.8) is 0 Å². The standard InChI is InChI=1S/C38H34Cl2I6N4O18/c1-11(51)63-9-17(65-13(3)53)7-47-35(59)21-23(41)19(33(39)57)25(43)29(27(21)45)49-37(61)31(67-15(5)55)32(68-16(6)56)38(62)50-30-26(44)20(34(40)58)24(42)22(28(30)46)36(60)48-8-18(66-14(4)54)10-64-12(2)52/h17-18,31-32H,7-10H2,1-6H3,(H,47,59)(H,48,60)(H,49,61)(H,50,62). The van der Waals surface area contributed by atoms with Crippen LogP contribution in [0.5, 0.6) is 0 Å². The van der Waals surface area contributed by atoms with Gasteiger partial charge in [0.15, 0.2) is 12.2 Å². The summed E-state index contributed by atoms with van der Waals surface area (Å²) in [4.78, 5) is 153. The normalized spacial score (nSPS) is 12.4. The van der Waals surface area contributed by atoms with E-state index in [2.05, 4.69) is 21.3 Å². The van der Waals surface area contributed by atoms with Gasteiger partial charge in [0.05, 0.1) is 61.0 Å². The van der Waals surface area contributed by atoms with Gasteiger partial charge in [0.25, 0.3) is 34.1 Å². The largest absolute Gasteiger partial charge is 0.462 e. The average Bonchev–Trinajstić information content (AvgIpc) is 3.20. The van der Waals surface area contributed by atoms with Gasteiger partial charge >= 0.3 is 35.8 Å². The van der Waals surface area contributed by atoms with E-state index in [-0.39, 0.29) is 55.0 Å². The highest BCUT2D eigenvalue weighted by Gasteiger charge is 2.42. The first-order valence-corrected chi connectivity index (χ1v) is 25.7. The lowest BCUT2D eigenvalue weighted by Crippen LogP contribution is -2.50. The first kappa shape index (κ1) is 61.6. The summed E-state index contributed by atoms with van der Waals surface area (Å²) in [7, 11) is 0. The smallest absolute Gasteiger partial charge is 0.303 e. The minimum absolute atomic E-state index is 0.000380. The minimum Gasteiger partial charge on any atom is -0.462 e. The summed E-state index contributed by atoms with van der Waals surface area (Å²) in [5.74, 6) is -9.73. The van der Waals surface area contributed by atoms with Gasteiger partial charge in [0.1, 0.15) is 13.2 Å². The maximum absolute atomic E-state index is 14.3. The van der Waals surface area contributed by atoms with E-state index in [1.165, 1.54) is 0 Å². The van der Waals surface area contributed by atoms with Crippen molar-refractivity contribution in [1.29, 1.82) is 0 Å². The zero-order valence-electron chi connectivity index (χ0n) is 35.5. The first-order valence-electron chi connectivity index (χ1n) is 18.5. The van der Waals surface area contributed by atoms with Gasteiger partial charge in [-0.05, 0) is 159 Å². The molecule has 0 aliphatic carbocycles. The minimum atomic E-state index is -2.34. The van der Waals surface area contributed by atoms with Gasteiger partial charge < -0.3 is 49.7 Å². The lowest BCUT2D eigenvalue weighted by molar-refractivity contribution is -0.171. The van der Waals surface area contributed by atoms with E-state index in [9.17, 15) is 57.5 Å². The monoisotopic (exact) mass is 1670 g/mol. The van der Waals surface area contributed by atoms with Crippen molar-refractivity contribution in [3.05, 3.63) is 43.7 Å². The fourth-order valence-electron chi connectivity index (χ4n) is 5.29. The number of rotatable bonds is 21. The Kier molecular flexibility index (Phi) is 25.8. The second-order valence-electron chi connectivity index (χ2n) is 13.2. The van der Waals surface area contributed by atoms with Crippen LogP contribution in [0.25, 0.3) is 0 Å². The second kappa shape index (κ2) is 28.5. The Labute approximate surface area is 477 Å². The summed E-state index contributed by atoms with van der Waals surface area (Å²) in [5.41, 5.74) is -1.57. The van der Waals surface area contributed by atoms with Gasteiger partial charge in [-0.1, -0.05) is 0 Å². The van der Waals surface area contributed by atoms with E-state index in [0.29, 0.717) is 0 Å². The van der Waals surface area contributed by atoms with Crippen molar-refractivity contribution in [2.75, 3.05) is 36.9 Å². The van der Waals surface area contributed by atoms with E-state index in [1.54, 1.807) is 136 Å². The van der Waals surface area contributed by atoms with Crippen LogP contribution in [0.4, 0.5) is 11.4 Å². The van der Waals surface area contributed by atoms with Crippen molar-refractivity contribution < 1.29 is 86.0 Å². The number of esters is 6. The van der Waals surface area contributed by atoms with Crippen molar-refractivity contribution in [2.24, 2.45) is 0 Å². The Balaban J connectivity index is 2.74. The summed E-state index contributed by atoms with van der Waals surface area (Å²) >= 11 is 21.9. The molecule has 0 radical (unpaired) electrons. The Morgan fingerprint density at radius 1 is 0.426 bits per heavy atom. The number of carbonyl (C=O) groups excluding carboxylic acids is 12. The van der Waals surface area contributed by atoms with Crippen LogP contribution >= 0.6 is 159 Å². The number of anilines is 2. The number of nitrogens with one attached hydrogen (secondary N) is 4. The maximum atomic E-state index is 14.3. The van der Waals surface area contributed by atoms with Gasteiger partial charge in [-0.2, -0.15) is 0 Å². The fraction of sp³-hybridized carbons (Fsp3) is 0.368. The van der Waals surface area contributed by atoms with Crippen LogP contribution in [-0.4, -0.2) is 121 Å². The molecule has 4 atom stereocenters. The molecule has 4 amide bonds. The summed E-state index contributed by atoms with van der Waals surface area (Å²) in [6, 6.07) is 0. The molecule has 0 aliphatic heterocycles. The molecule has 68 heavy (non-hydrogen) atoms. The Hall–Kier alpha value is -2.56. The molecule has 370 valence electrons. The molecule has 0 aliphatic rings. The molecule has 0 saturated carbocycles. The van der Waals surface area contributed by atoms with Crippen LogP contribution in [0.1, 0.15) is 83.0 Å². The molecule has 2 rings (SSSR count). The van der Waals surface area contributed by atoms with Crippen molar-refractivity contribution in [2.45, 2.75) is 66.0 Å². The highest BCUT2D eigenvalue weighted by atomic mass is 127. The molecule has 0 heterocycles. The van der Waals surface area contributed by atoms with Gasteiger partial charge in [-0.15, -0.1) is 0 Å². The summed E-state index contributed by atoms with van der Waals surface area (Å²) < 4.78 is 30.4. The molecule has 2 aromatic rings. The topological polar surface area (TPSA) is 308 Å². The quantitative estimate of drug-likeness (QED) is 0.0555. The molecule has 0 fully saturated rings. The average molecular weight is 1670 g/mol. The predicted octanol–water partition coefficient (Wildman–Crippen LogP) is 4.96. The van der Waals surface area contributed by atoms with Gasteiger partial charge in [0, 0.05) is 48.7 Å². The molecule has 0 aromatic heterocycles. The van der Waals surface area contributed by atoms with Crippen LogP contribution in [0.3, 0.4) is 0 Å².